The maximum absolute atomic E-state index is 10.4. The van der Waals surface area contributed by atoms with Gasteiger partial charge in [0.05, 0.1) is 0 Å². The first kappa shape index (κ1) is 10.8. The molecule has 4 heteroatoms. The maximum atomic E-state index is 10.4. The number of rotatable bonds is 3. The molecule has 0 spiro atoms. The zero-order valence-corrected chi connectivity index (χ0v) is 8.11. The summed E-state index contributed by atoms with van der Waals surface area (Å²) in [5, 5.41) is 9.09. The first-order valence-corrected chi connectivity index (χ1v) is 4.40. The van der Waals surface area contributed by atoms with E-state index in [1.165, 1.54) is 6.08 Å². The molecule has 0 aromatic heterocycles. The number of hydrogen-bond acceptors (Lipinski definition) is 2. The summed E-state index contributed by atoms with van der Waals surface area (Å²) >= 11 is 5.85. The van der Waals surface area contributed by atoms with Gasteiger partial charge in [0.25, 0.3) is 0 Å². The van der Waals surface area contributed by atoms with Crippen LogP contribution in [0.2, 0.25) is 5.02 Å². The highest BCUT2D eigenvalue weighted by atomic mass is 35.5. The molecule has 0 aliphatic heterocycles. The minimum Gasteiger partial charge on any atom is -0.480 e. The molecule has 0 aliphatic rings. The van der Waals surface area contributed by atoms with Crippen LogP contribution in [-0.2, 0) is 4.79 Å². The van der Waals surface area contributed by atoms with Crippen LogP contribution in [0.1, 0.15) is 5.56 Å². The van der Waals surface area contributed by atoms with Crippen molar-refractivity contribution in [3.8, 4) is 0 Å². The van der Waals surface area contributed by atoms with E-state index in [0.29, 0.717) is 5.02 Å². The van der Waals surface area contributed by atoms with Crippen LogP contribution in [0.25, 0.3) is 6.08 Å². The van der Waals surface area contributed by atoms with Gasteiger partial charge in [-0.25, -0.2) is 0 Å². The highest BCUT2D eigenvalue weighted by Gasteiger charge is 2.05. The average Bonchev–Trinajstić information content (AvgIpc) is 2.16. The molecule has 0 saturated carbocycles. The van der Waals surface area contributed by atoms with Crippen molar-refractivity contribution in [2.45, 2.75) is 6.04 Å². The lowest BCUT2D eigenvalue weighted by atomic mass is 10.2. The molecule has 1 aromatic rings. The summed E-state index contributed by atoms with van der Waals surface area (Å²) in [5.74, 6) is -1.06. The third-order valence-electron chi connectivity index (χ3n) is 1.67. The van der Waals surface area contributed by atoms with Crippen LogP contribution in [0.3, 0.4) is 0 Å². The quantitative estimate of drug-likeness (QED) is 0.801. The SMILES string of the molecule is NC(/C=C/c1ccccc1Cl)C(=O)O. The Morgan fingerprint density at radius 2 is 2.14 bits per heavy atom. The third-order valence-corrected chi connectivity index (χ3v) is 2.02. The highest BCUT2D eigenvalue weighted by molar-refractivity contribution is 6.32. The number of carboxylic acids is 1. The average molecular weight is 212 g/mol. The number of hydrogen-bond donors (Lipinski definition) is 2. The largest absolute Gasteiger partial charge is 0.480 e. The standard InChI is InChI=1S/C10H10ClNO2/c11-8-4-2-1-3-7(8)5-6-9(12)10(13)14/h1-6,9H,12H2,(H,13,14)/b6-5+. The van der Waals surface area contributed by atoms with Gasteiger partial charge in [0.1, 0.15) is 6.04 Å². The van der Waals surface area contributed by atoms with Gasteiger partial charge in [-0.2, -0.15) is 0 Å². The Morgan fingerprint density at radius 3 is 2.71 bits per heavy atom. The van der Waals surface area contributed by atoms with E-state index >= 15 is 0 Å². The Labute approximate surface area is 86.8 Å². The van der Waals surface area contributed by atoms with Crippen molar-refractivity contribution in [2.75, 3.05) is 0 Å². The van der Waals surface area contributed by atoms with Crippen LogP contribution >= 0.6 is 11.6 Å². The second-order valence-electron chi connectivity index (χ2n) is 2.74. The number of nitrogens with two attached hydrogens (primary N) is 1. The molecular formula is C10H10ClNO2. The first-order chi connectivity index (χ1) is 6.61. The van der Waals surface area contributed by atoms with Gasteiger partial charge in [0.15, 0.2) is 0 Å². The lowest BCUT2D eigenvalue weighted by molar-refractivity contribution is -0.137. The summed E-state index contributed by atoms with van der Waals surface area (Å²) in [6, 6.07) is 6.14. The van der Waals surface area contributed by atoms with Crippen molar-refractivity contribution in [1.82, 2.24) is 0 Å². The van der Waals surface area contributed by atoms with Crippen molar-refractivity contribution >= 4 is 23.6 Å². The van der Waals surface area contributed by atoms with Crippen LogP contribution in [0.5, 0.6) is 0 Å². The van der Waals surface area contributed by atoms with Crippen molar-refractivity contribution in [3.63, 3.8) is 0 Å². The number of aliphatic carboxylic acids is 1. The minimum atomic E-state index is -1.06. The molecule has 0 fully saturated rings. The minimum absolute atomic E-state index is 0.571. The lowest BCUT2D eigenvalue weighted by Crippen LogP contribution is -2.27. The Bertz CT molecular complexity index is 363. The monoisotopic (exact) mass is 211 g/mol. The second-order valence-corrected chi connectivity index (χ2v) is 3.15. The first-order valence-electron chi connectivity index (χ1n) is 4.02. The molecule has 1 unspecified atom stereocenters. The molecule has 0 aliphatic carbocycles. The summed E-state index contributed by atoms with van der Waals surface area (Å²) in [6.07, 6.45) is 2.99. The molecule has 1 rings (SSSR count). The Kier molecular flexibility index (Phi) is 3.68. The maximum Gasteiger partial charge on any atom is 0.324 e. The van der Waals surface area contributed by atoms with E-state index in [-0.39, 0.29) is 0 Å². The fraction of sp³-hybridized carbons (Fsp3) is 0.100. The highest BCUT2D eigenvalue weighted by Crippen LogP contribution is 2.16. The molecule has 0 amide bonds. The van der Waals surface area contributed by atoms with Crippen LogP contribution < -0.4 is 5.73 Å². The summed E-state index contributed by atoms with van der Waals surface area (Å²) in [5.41, 5.74) is 6.04. The van der Waals surface area contributed by atoms with E-state index in [4.69, 9.17) is 22.4 Å². The summed E-state index contributed by atoms with van der Waals surface area (Å²) in [7, 11) is 0. The summed E-state index contributed by atoms with van der Waals surface area (Å²) < 4.78 is 0. The van der Waals surface area contributed by atoms with Crippen molar-refractivity contribution in [1.29, 1.82) is 0 Å². The Balaban J connectivity index is 2.78. The van der Waals surface area contributed by atoms with Gasteiger partial charge < -0.3 is 10.8 Å². The van der Waals surface area contributed by atoms with E-state index < -0.39 is 12.0 Å². The third kappa shape index (κ3) is 2.87. The van der Waals surface area contributed by atoms with E-state index in [9.17, 15) is 4.79 Å². The van der Waals surface area contributed by atoms with Gasteiger partial charge >= 0.3 is 5.97 Å². The molecule has 1 aromatic carbocycles. The van der Waals surface area contributed by atoms with Gasteiger partial charge in [-0.05, 0) is 11.6 Å². The van der Waals surface area contributed by atoms with Crippen LogP contribution in [0.15, 0.2) is 30.3 Å². The summed E-state index contributed by atoms with van der Waals surface area (Å²) in [6.45, 7) is 0. The van der Waals surface area contributed by atoms with Crippen LogP contribution in [0, 0.1) is 0 Å². The molecule has 14 heavy (non-hydrogen) atoms. The van der Waals surface area contributed by atoms with Gasteiger partial charge in [-0.15, -0.1) is 0 Å². The Morgan fingerprint density at radius 1 is 1.50 bits per heavy atom. The van der Waals surface area contributed by atoms with Crippen molar-refractivity contribution in [3.05, 3.63) is 40.9 Å². The molecule has 0 radical (unpaired) electrons. The number of carboxylic acid groups (broad SMARTS) is 1. The fourth-order valence-corrected chi connectivity index (χ4v) is 1.10. The second kappa shape index (κ2) is 4.79. The van der Waals surface area contributed by atoms with Crippen LogP contribution in [-0.4, -0.2) is 17.1 Å². The molecule has 74 valence electrons. The molecule has 3 N–H and O–H groups in total. The lowest BCUT2D eigenvalue weighted by Gasteiger charge is -1.99. The van der Waals surface area contributed by atoms with Crippen LogP contribution in [0.4, 0.5) is 0 Å². The predicted octanol–water partition coefficient (Wildman–Crippen LogP) is 1.77. The van der Waals surface area contributed by atoms with Crippen molar-refractivity contribution in [2.24, 2.45) is 5.73 Å². The number of carbonyl (C=O) groups is 1. The smallest absolute Gasteiger partial charge is 0.324 e. The van der Waals surface area contributed by atoms with Gasteiger partial charge in [0, 0.05) is 5.02 Å². The molecule has 0 saturated heterocycles. The molecular weight excluding hydrogens is 202 g/mol. The Hall–Kier alpha value is -1.32. The number of benzene rings is 1. The van der Waals surface area contributed by atoms with Gasteiger partial charge in [0.2, 0.25) is 0 Å². The topological polar surface area (TPSA) is 63.3 Å². The van der Waals surface area contributed by atoms with Gasteiger partial charge in [-0.3, -0.25) is 4.79 Å². The normalized spacial score (nSPS) is 13.0. The van der Waals surface area contributed by atoms with E-state index in [1.54, 1.807) is 24.3 Å². The molecule has 0 bridgehead atoms. The van der Waals surface area contributed by atoms with E-state index in [0.717, 1.165) is 5.56 Å². The van der Waals surface area contributed by atoms with Crippen molar-refractivity contribution < 1.29 is 9.90 Å². The molecule has 1 atom stereocenters. The van der Waals surface area contributed by atoms with E-state index in [1.807, 2.05) is 6.07 Å². The van der Waals surface area contributed by atoms with E-state index in [2.05, 4.69) is 0 Å². The summed E-state index contributed by atoms with van der Waals surface area (Å²) in [4.78, 5) is 10.4. The predicted molar refractivity (Wildman–Crippen MR) is 56.1 cm³/mol. The zero-order valence-electron chi connectivity index (χ0n) is 7.35. The zero-order chi connectivity index (χ0) is 10.6. The molecule has 0 heterocycles. The molecule has 3 nitrogen and oxygen atoms in total. The van der Waals surface area contributed by atoms with Gasteiger partial charge in [-0.1, -0.05) is 42.0 Å². The fourth-order valence-electron chi connectivity index (χ4n) is 0.900. The number of halogens is 1.